The predicted octanol–water partition coefficient (Wildman–Crippen LogP) is 2.38. The lowest BCUT2D eigenvalue weighted by Crippen LogP contribution is -2.45. The summed E-state index contributed by atoms with van der Waals surface area (Å²) < 4.78 is 72.7. The van der Waals surface area contributed by atoms with Gasteiger partial charge in [-0.2, -0.15) is 4.31 Å². The lowest BCUT2D eigenvalue weighted by molar-refractivity contribution is -0.275. The maximum absolute atomic E-state index is 12.6. The number of para-hydroxylation sites is 1. The summed E-state index contributed by atoms with van der Waals surface area (Å²) in [4.78, 5) is -0.496. The van der Waals surface area contributed by atoms with Crippen molar-refractivity contribution in [3.8, 4) is 5.75 Å². The highest BCUT2D eigenvalue weighted by molar-refractivity contribution is 7.89. The molecule has 0 amide bonds. The molecule has 1 saturated heterocycles. The number of sulfonamides is 1. The van der Waals surface area contributed by atoms with E-state index < -0.39 is 27.0 Å². The molecule has 9 heteroatoms. The summed E-state index contributed by atoms with van der Waals surface area (Å²) in [6.07, 6.45) is -4.60. The minimum Gasteiger partial charge on any atom is -0.404 e. The normalized spacial score (nSPS) is 20.8. The molecule has 1 fully saturated rings. The monoisotopic (exact) mass is 339 g/mol. The molecule has 0 radical (unpaired) electrons. The van der Waals surface area contributed by atoms with Gasteiger partial charge in [-0.25, -0.2) is 8.42 Å². The maximum atomic E-state index is 12.6. The van der Waals surface area contributed by atoms with Crippen LogP contribution in [0, 0.1) is 0 Å². The Morgan fingerprint density at radius 3 is 2.68 bits per heavy atom. The van der Waals surface area contributed by atoms with Crippen LogP contribution in [0.15, 0.2) is 29.2 Å². The van der Waals surface area contributed by atoms with Crippen LogP contribution in [0.4, 0.5) is 13.2 Å². The van der Waals surface area contributed by atoms with Gasteiger partial charge in [0.1, 0.15) is 10.6 Å². The number of morpholine rings is 1. The molecular formula is C13H16F3NO4S. The summed E-state index contributed by atoms with van der Waals surface area (Å²) in [6, 6.07) is 4.73. The van der Waals surface area contributed by atoms with Crippen LogP contribution in [0.3, 0.4) is 0 Å². The zero-order chi connectivity index (χ0) is 16.4. The summed E-state index contributed by atoms with van der Waals surface area (Å²) in [7, 11) is -4.08. The summed E-state index contributed by atoms with van der Waals surface area (Å²) in [6.45, 7) is 2.26. The van der Waals surface area contributed by atoms with Crippen molar-refractivity contribution < 1.29 is 31.1 Å². The van der Waals surface area contributed by atoms with Gasteiger partial charge in [-0.3, -0.25) is 0 Å². The Kier molecular flexibility index (Phi) is 4.98. The van der Waals surface area contributed by atoms with E-state index in [0.717, 1.165) is 16.4 Å². The van der Waals surface area contributed by atoms with E-state index in [1.807, 2.05) is 6.92 Å². The van der Waals surface area contributed by atoms with Gasteiger partial charge in [-0.15, -0.1) is 13.2 Å². The zero-order valence-corrected chi connectivity index (χ0v) is 12.7. The van der Waals surface area contributed by atoms with E-state index in [1.165, 1.54) is 12.1 Å². The van der Waals surface area contributed by atoms with Crippen LogP contribution >= 0.6 is 0 Å². The molecule has 1 aromatic carbocycles. The van der Waals surface area contributed by atoms with Crippen molar-refractivity contribution in [1.29, 1.82) is 0 Å². The Morgan fingerprint density at radius 1 is 1.36 bits per heavy atom. The molecule has 1 aliphatic rings. The first-order valence-electron chi connectivity index (χ1n) is 6.70. The maximum Gasteiger partial charge on any atom is 0.573 e. The number of rotatable bonds is 4. The second-order valence-corrected chi connectivity index (χ2v) is 6.66. The summed E-state index contributed by atoms with van der Waals surface area (Å²) in [5.41, 5.74) is 0. The van der Waals surface area contributed by atoms with Crippen molar-refractivity contribution in [1.82, 2.24) is 4.31 Å². The molecule has 1 aliphatic heterocycles. The van der Waals surface area contributed by atoms with Gasteiger partial charge in [0.25, 0.3) is 0 Å². The van der Waals surface area contributed by atoms with E-state index in [-0.39, 0.29) is 25.8 Å². The number of hydrogen-bond donors (Lipinski definition) is 0. The number of halogens is 3. The molecule has 5 nitrogen and oxygen atoms in total. The van der Waals surface area contributed by atoms with Crippen molar-refractivity contribution in [3.63, 3.8) is 0 Å². The van der Waals surface area contributed by atoms with Gasteiger partial charge in [-0.1, -0.05) is 19.1 Å². The van der Waals surface area contributed by atoms with Gasteiger partial charge in [0.2, 0.25) is 10.0 Å². The zero-order valence-electron chi connectivity index (χ0n) is 11.8. The van der Waals surface area contributed by atoms with Crippen LogP contribution < -0.4 is 4.74 Å². The largest absolute Gasteiger partial charge is 0.573 e. The standard InChI is InChI=1S/C13H16F3NO4S/c1-2-10-9-17(7-8-20-10)22(18,19)12-6-4-3-5-11(12)21-13(14,15)16/h3-6,10H,2,7-9H2,1H3. The van der Waals surface area contributed by atoms with Gasteiger partial charge in [0.15, 0.2) is 0 Å². The first-order chi connectivity index (χ1) is 10.2. The lowest BCUT2D eigenvalue weighted by Gasteiger charge is -2.32. The number of ether oxygens (including phenoxy) is 2. The molecule has 0 bridgehead atoms. The molecule has 0 spiro atoms. The first-order valence-corrected chi connectivity index (χ1v) is 8.14. The lowest BCUT2D eigenvalue weighted by atomic mass is 10.2. The minimum absolute atomic E-state index is 0.0964. The highest BCUT2D eigenvalue weighted by Crippen LogP contribution is 2.31. The number of alkyl halides is 3. The minimum atomic E-state index is -4.96. The molecule has 1 heterocycles. The van der Waals surface area contributed by atoms with Gasteiger partial charge >= 0.3 is 6.36 Å². The second kappa shape index (κ2) is 6.43. The molecule has 0 N–H and O–H groups in total. The van der Waals surface area contributed by atoms with Crippen LogP contribution in [0.5, 0.6) is 5.75 Å². The molecule has 0 aromatic heterocycles. The van der Waals surface area contributed by atoms with Crippen molar-refractivity contribution in [3.05, 3.63) is 24.3 Å². The third-order valence-electron chi connectivity index (χ3n) is 3.25. The Balaban J connectivity index is 2.33. The van der Waals surface area contributed by atoms with E-state index >= 15 is 0 Å². The topological polar surface area (TPSA) is 55.8 Å². The fourth-order valence-electron chi connectivity index (χ4n) is 2.17. The van der Waals surface area contributed by atoms with Crippen LogP contribution in [0.1, 0.15) is 13.3 Å². The SMILES string of the molecule is CCC1CN(S(=O)(=O)c2ccccc2OC(F)(F)F)CCO1. The second-order valence-electron chi connectivity index (χ2n) is 4.76. The molecule has 2 rings (SSSR count). The van der Waals surface area contributed by atoms with Gasteiger partial charge < -0.3 is 9.47 Å². The average Bonchev–Trinajstić information content (AvgIpc) is 2.46. The van der Waals surface area contributed by atoms with E-state index in [4.69, 9.17) is 4.74 Å². The van der Waals surface area contributed by atoms with Crippen LogP contribution in [0.2, 0.25) is 0 Å². The highest BCUT2D eigenvalue weighted by atomic mass is 32.2. The smallest absolute Gasteiger partial charge is 0.404 e. The predicted molar refractivity (Wildman–Crippen MR) is 71.9 cm³/mol. The van der Waals surface area contributed by atoms with E-state index in [2.05, 4.69) is 4.74 Å². The third kappa shape index (κ3) is 3.90. The fourth-order valence-corrected chi connectivity index (χ4v) is 3.74. The molecular weight excluding hydrogens is 323 g/mol. The molecule has 124 valence electrons. The number of hydrogen-bond acceptors (Lipinski definition) is 4. The highest BCUT2D eigenvalue weighted by Gasteiger charge is 2.36. The molecule has 0 saturated carbocycles. The van der Waals surface area contributed by atoms with Crippen LogP contribution in [-0.4, -0.2) is 44.9 Å². The van der Waals surface area contributed by atoms with E-state index in [9.17, 15) is 21.6 Å². The summed E-state index contributed by atoms with van der Waals surface area (Å²) >= 11 is 0. The van der Waals surface area contributed by atoms with Gasteiger partial charge in [0, 0.05) is 13.1 Å². The Bertz CT molecular complexity index is 618. The van der Waals surface area contributed by atoms with Gasteiger partial charge in [0.05, 0.1) is 12.7 Å². The molecule has 0 aliphatic carbocycles. The van der Waals surface area contributed by atoms with Crippen molar-refractivity contribution >= 4 is 10.0 Å². The van der Waals surface area contributed by atoms with E-state index in [0.29, 0.717) is 6.42 Å². The van der Waals surface area contributed by atoms with Crippen LogP contribution in [-0.2, 0) is 14.8 Å². The van der Waals surface area contributed by atoms with E-state index in [1.54, 1.807) is 0 Å². The van der Waals surface area contributed by atoms with Crippen molar-refractivity contribution in [2.45, 2.75) is 30.7 Å². The van der Waals surface area contributed by atoms with Crippen molar-refractivity contribution in [2.75, 3.05) is 19.7 Å². The first kappa shape index (κ1) is 17.0. The number of nitrogens with zero attached hydrogens (tertiary/aromatic N) is 1. The molecule has 22 heavy (non-hydrogen) atoms. The molecule has 1 unspecified atom stereocenters. The Morgan fingerprint density at radius 2 is 2.05 bits per heavy atom. The quantitative estimate of drug-likeness (QED) is 0.845. The summed E-state index contributed by atoms with van der Waals surface area (Å²) in [5.74, 6) is -0.727. The molecule has 1 atom stereocenters. The fraction of sp³-hybridized carbons (Fsp3) is 0.538. The number of benzene rings is 1. The molecule has 1 aromatic rings. The summed E-state index contributed by atoms with van der Waals surface area (Å²) in [5, 5.41) is 0. The Labute approximate surface area is 126 Å². The van der Waals surface area contributed by atoms with Crippen molar-refractivity contribution in [2.24, 2.45) is 0 Å². The van der Waals surface area contributed by atoms with Crippen LogP contribution in [0.25, 0.3) is 0 Å². The van der Waals surface area contributed by atoms with Gasteiger partial charge in [-0.05, 0) is 18.6 Å². The average molecular weight is 339 g/mol. The third-order valence-corrected chi connectivity index (χ3v) is 5.15. The Hall–Kier alpha value is -1.32.